The Kier molecular flexibility index (Phi) is 5.75. The molecule has 1 aromatic carbocycles. The van der Waals surface area contributed by atoms with Crippen LogP contribution in [0.1, 0.15) is 11.4 Å². The summed E-state index contributed by atoms with van der Waals surface area (Å²) in [4.78, 5) is 8.16. The summed E-state index contributed by atoms with van der Waals surface area (Å²) in [5.41, 5.74) is 1.78. The maximum absolute atomic E-state index is 12.7. The van der Waals surface area contributed by atoms with Crippen LogP contribution in [0.25, 0.3) is 11.1 Å². The minimum absolute atomic E-state index is 0.165. The summed E-state index contributed by atoms with van der Waals surface area (Å²) < 4.78 is 36.7. The molecule has 0 aliphatic rings. The maximum Gasteiger partial charge on any atom is 0.388 e. The fourth-order valence-electron chi connectivity index (χ4n) is 2.46. The van der Waals surface area contributed by atoms with Crippen LogP contribution >= 0.6 is 11.6 Å². The highest BCUT2D eigenvalue weighted by molar-refractivity contribution is 6.30. The van der Waals surface area contributed by atoms with E-state index in [0.29, 0.717) is 35.1 Å². The van der Waals surface area contributed by atoms with E-state index in [0.717, 1.165) is 5.56 Å². The molecule has 0 saturated carbocycles. The number of halogens is 3. The fourth-order valence-corrected chi connectivity index (χ4v) is 2.65. The van der Waals surface area contributed by atoms with Gasteiger partial charge in [-0.05, 0) is 29.3 Å². The van der Waals surface area contributed by atoms with E-state index in [1.807, 2.05) is 0 Å². The second kappa shape index (κ2) is 8.20. The van der Waals surface area contributed by atoms with E-state index in [1.165, 1.54) is 12.5 Å². The first kappa shape index (κ1) is 18.2. The SMILES string of the molecule is COCc1ncnn1Cc1cnc(OC(F)F)c(-c2cccc(Cl)c2)c1. The van der Waals surface area contributed by atoms with Crippen molar-refractivity contribution in [1.82, 2.24) is 19.7 Å². The minimum atomic E-state index is -2.98. The molecule has 0 radical (unpaired) electrons. The van der Waals surface area contributed by atoms with E-state index in [-0.39, 0.29) is 5.88 Å². The normalized spacial score (nSPS) is 11.1. The number of methoxy groups -OCH3 is 1. The summed E-state index contributed by atoms with van der Waals surface area (Å²) in [7, 11) is 1.56. The van der Waals surface area contributed by atoms with Gasteiger partial charge in [-0.3, -0.25) is 0 Å². The van der Waals surface area contributed by atoms with Gasteiger partial charge >= 0.3 is 6.61 Å². The monoisotopic (exact) mass is 380 g/mol. The van der Waals surface area contributed by atoms with Gasteiger partial charge in [0.15, 0.2) is 5.82 Å². The quantitative estimate of drug-likeness (QED) is 0.624. The third-order valence-corrected chi connectivity index (χ3v) is 3.78. The second-order valence-corrected chi connectivity index (χ2v) is 5.79. The number of rotatable bonds is 7. The van der Waals surface area contributed by atoms with Crippen LogP contribution in [0.4, 0.5) is 8.78 Å². The summed E-state index contributed by atoms with van der Waals surface area (Å²) in [5, 5.41) is 4.62. The first-order chi connectivity index (χ1) is 12.6. The standard InChI is InChI=1S/C17H15ClF2N4O2/c1-25-9-15-22-10-23-24(15)8-11-5-14(12-3-2-4-13(18)6-12)16(21-7-11)26-17(19)20/h2-7,10,17H,8-9H2,1H3. The molecule has 0 bridgehead atoms. The molecule has 2 aromatic heterocycles. The zero-order chi connectivity index (χ0) is 18.5. The van der Waals surface area contributed by atoms with Crippen LogP contribution in [0.5, 0.6) is 5.88 Å². The van der Waals surface area contributed by atoms with Gasteiger partial charge in [-0.2, -0.15) is 13.9 Å². The molecule has 9 heteroatoms. The number of pyridine rings is 1. The number of hydrogen-bond acceptors (Lipinski definition) is 5. The van der Waals surface area contributed by atoms with Crippen molar-refractivity contribution in [3.05, 3.63) is 59.3 Å². The molecule has 136 valence electrons. The van der Waals surface area contributed by atoms with Crippen molar-refractivity contribution in [3.63, 3.8) is 0 Å². The van der Waals surface area contributed by atoms with Gasteiger partial charge < -0.3 is 9.47 Å². The summed E-state index contributed by atoms with van der Waals surface area (Å²) in [6.07, 6.45) is 2.89. The molecule has 0 fully saturated rings. The number of ether oxygens (including phenoxy) is 2. The van der Waals surface area contributed by atoms with Crippen LogP contribution in [0, 0.1) is 0 Å². The summed E-state index contributed by atoms with van der Waals surface area (Å²) in [6.45, 7) is -2.31. The zero-order valence-corrected chi connectivity index (χ0v) is 14.5. The molecule has 0 aliphatic heterocycles. The van der Waals surface area contributed by atoms with Gasteiger partial charge in [-0.25, -0.2) is 14.6 Å². The van der Waals surface area contributed by atoms with E-state index >= 15 is 0 Å². The average molecular weight is 381 g/mol. The van der Waals surface area contributed by atoms with Crippen LogP contribution < -0.4 is 4.74 Å². The molecule has 3 rings (SSSR count). The van der Waals surface area contributed by atoms with Crippen molar-refractivity contribution >= 4 is 11.6 Å². The lowest BCUT2D eigenvalue weighted by Crippen LogP contribution is -2.09. The predicted molar refractivity (Wildman–Crippen MR) is 91.2 cm³/mol. The molecular weight excluding hydrogens is 366 g/mol. The number of aromatic nitrogens is 4. The molecule has 0 aliphatic carbocycles. The summed E-state index contributed by atoms with van der Waals surface area (Å²) in [5.74, 6) is 0.478. The van der Waals surface area contributed by atoms with Crippen LogP contribution in [-0.4, -0.2) is 33.5 Å². The second-order valence-electron chi connectivity index (χ2n) is 5.35. The van der Waals surface area contributed by atoms with Gasteiger partial charge in [0.25, 0.3) is 0 Å². The third kappa shape index (κ3) is 4.33. The fraction of sp³-hybridized carbons (Fsp3) is 0.235. The highest BCUT2D eigenvalue weighted by Gasteiger charge is 2.15. The van der Waals surface area contributed by atoms with Gasteiger partial charge in [-0.1, -0.05) is 23.7 Å². The molecular formula is C17H15ClF2N4O2. The van der Waals surface area contributed by atoms with Crippen LogP contribution in [0.15, 0.2) is 42.9 Å². The molecule has 3 aromatic rings. The summed E-state index contributed by atoms with van der Waals surface area (Å²) >= 11 is 6.02. The smallest absolute Gasteiger partial charge is 0.388 e. The van der Waals surface area contributed by atoms with E-state index in [9.17, 15) is 8.78 Å². The lowest BCUT2D eigenvalue weighted by atomic mass is 10.1. The van der Waals surface area contributed by atoms with Crippen molar-refractivity contribution < 1.29 is 18.3 Å². The lowest BCUT2D eigenvalue weighted by Gasteiger charge is -2.12. The molecule has 0 saturated heterocycles. The number of hydrogen-bond donors (Lipinski definition) is 0. The Morgan fingerprint density at radius 3 is 2.81 bits per heavy atom. The molecule has 0 unspecified atom stereocenters. The first-order valence-corrected chi connectivity index (χ1v) is 8.00. The van der Waals surface area contributed by atoms with Gasteiger partial charge in [0.05, 0.1) is 6.54 Å². The van der Waals surface area contributed by atoms with Crippen molar-refractivity contribution in [3.8, 4) is 17.0 Å². The van der Waals surface area contributed by atoms with E-state index in [2.05, 4.69) is 19.8 Å². The Balaban J connectivity index is 1.97. The molecule has 0 N–H and O–H groups in total. The van der Waals surface area contributed by atoms with E-state index < -0.39 is 6.61 Å². The van der Waals surface area contributed by atoms with Crippen molar-refractivity contribution in [2.45, 2.75) is 19.8 Å². The topological polar surface area (TPSA) is 62.1 Å². The van der Waals surface area contributed by atoms with Crippen LogP contribution in [-0.2, 0) is 17.9 Å². The molecule has 26 heavy (non-hydrogen) atoms. The summed E-state index contributed by atoms with van der Waals surface area (Å²) in [6, 6.07) is 8.55. The highest BCUT2D eigenvalue weighted by atomic mass is 35.5. The van der Waals surface area contributed by atoms with Crippen molar-refractivity contribution in [2.75, 3.05) is 7.11 Å². The Hall–Kier alpha value is -2.58. The number of nitrogens with zero attached hydrogens (tertiary/aromatic N) is 4. The highest BCUT2D eigenvalue weighted by Crippen LogP contribution is 2.31. The maximum atomic E-state index is 12.7. The average Bonchev–Trinajstić information content (AvgIpc) is 3.03. The first-order valence-electron chi connectivity index (χ1n) is 7.62. The van der Waals surface area contributed by atoms with E-state index in [4.69, 9.17) is 16.3 Å². The van der Waals surface area contributed by atoms with Gasteiger partial charge in [0.2, 0.25) is 5.88 Å². The van der Waals surface area contributed by atoms with Crippen molar-refractivity contribution in [2.24, 2.45) is 0 Å². The Morgan fingerprint density at radius 1 is 1.23 bits per heavy atom. The van der Waals surface area contributed by atoms with Crippen LogP contribution in [0.3, 0.4) is 0 Å². The zero-order valence-electron chi connectivity index (χ0n) is 13.8. The Labute approximate surface area is 153 Å². The lowest BCUT2D eigenvalue weighted by molar-refractivity contribution is -0.0524. The molecule has 0 atom stereocenters. The van der Waals surface area contributed by atoms with E-state index in [1.54, 1.807) is 42.1 Å². The molecule has 2 heterocycles. The Morgan fingerprint density at radius 2 is 2.08 bits per heavy atom. The molecule has 6 nitrogen and oxygen atoms in total. The largest absolute Gasteiger partial charge is 0.416 e. The predicted octanol–water partition coefficient (Wildman–Crippen LogP) is 3.79. The molecule has 0 spiro atoms. The van der Waals surface area contributed by atoms with Gasteiger partial charge in [-0.15, -0.1) is 0 Å². The minimum Gasteiger partial charge on any atom is -0.416 e. The van der Waals surface area contributed by atoms with Gasteiger partial charge in [0.1, 0.15) is 12.9 Å². The van der Waals surface area contributed by atoms with Crippen molar-refractivity contribution in [1.29, 1.82) is 0 Å². The number of benzene rings is 1. The number of alkyl halides is 2. The Bertz CT molecular complexity index is 889. The third-order valence-electron chi connectivity index (χ3n) is 3.55. The molecule has 0 amide bonds. The van der Waals surface area contributed by atoms with Crippen LogP contribution in [0.2, 0.25) is 5.02 Å². The van der Waals surface area contributed by atoms with Gasteiger partial charge in [0, 0.05) is 23.9 Å².